The Hall–Kier alpha value is -1.40. The number of fused-ring (bicyclic) bond motifs is 3. The van der Waals surface area contributed by atoms with Crippen LogP contribution in [0.2, 0.25) is 10.0 Å². The predicted octanol–water partition coefficient (Wildman–Crippen LogP) is 5.04. The van der Waals surface area contributed by atoms with Crippen molar-refractivity contribution in [2.75, 3.05) is 0 Å². The molecule has 2 unspecified atom stereocenters. The fraction of sp³-hybridized carbons (Fsp3) is 0.471. The van der Waals surface area contributed by atoms with E-state index in [-0.39, 0.29) is 6.04 Å². The normalized spacial score (nSPS) is 18.9. The van der Waals surface area contributed by atoms with Gasteiger partial charge in [0.1, 0.15) is 0 Å². The molecule has 0 aliphatic heterocycles. The predicted molar refractivity (Wildman–Crippen MR) is 92.1 cm³/mol. The van der Waals surface area contributed by atoms with Crippen LogP contribution >= 0.6 is 23.2 Å². The Labute approximate surface area is 152 Å². The lowest BCUT2D eigenvalue weighted by Crippen LogP contribution is -2.42. The molecule has 0 saturated carbocycles. The lowest BCUT2D eigenvalue weighted by molar-refractivity contribution is -0.153. The van der Waals surface area contributed by atoms with Crippen LogP contribution in [0.3, 0.4) is 0 Å². The van der Waals surface area contributed by atoms with E-state index in [1.54, 1.807) is 12.1 Å². The topological polar surface area (TPSA) is 44.9 Å². The largest absolute Gasteiger partial charge is 0.389 e. The number of carbonyl (C=O) groups excluding carboxylic acids is 1. The Morgan fingerprint density at radius 1 is 1.40 bits per heavy atom. The van der Waals surface area contributed by atoms with Gasteiger partial charge in [0.2, 0.25) is 5.91 Å². The Bertz CT molecular complexity index is 816. The number of aryl methyl sites for hydroxylation is 1. The molecule has 2 N–H and O–H groups in total. The number of halogens is 5. The van der Waals surface area contributed by atoms with Gasteiger partial charge >= 0.3 is 6.18 Å². The van der Waals surface area contributed by atoms with Crippen LogP contribution in [0.25, 0.3) is 10.9 Å². The number of nitrogens with one attached hydrogen (secondary N) is 2. The number of hydrogen-bond donors (Lipinski definition) is 2. The van der Waals surface area contributed by atoms with Gasteiger partial charge in [-0.15, -0.1) is 0 Å². The van der Waals surface area contributed by atoms with Gasteiger partial charge in [-0.25, -0.2) is 0 Å². The number of aromatic amines is 1. The lowest BCUT2D eigenvalue weighted by atomic mass is 9.91. The molecule has 136 valence electrons. The van der Waals surface area contributed by atoms with Crippen molar-refractivity contribution in [2.24, 2.45) is 5.92 Å². The molecule has 0 saturated heterocycles. The van der Waals surface area contributed by atoms with Gasteiger partial charge in [-0.1, -0.05) is 30.1 Å². The van der Waals surface area contributed by atoms with Crippen molar-refractivity contribution in [1.29, 1.82) is 0 Å². The lowest BCUT2D eigenvalue weighted by Gasteiger charge is -2.25. The van der Waals surface area contributed by atoms with Gasteiger partial charge in [-0.05, 0) is 37.0 Å². The molecule has 1 aliphatic carbocycles. The Kier molecular flexibility index (Phi) is 4.95. The van der Waals surface area contributed by atoms with Crippen LogP contribution in [0.15, 0.2) is 12.1 Å². The number of hydrogen-bond acceptors (Lipinski definition) is 1. The second kappa shape index (κ2) is 6.72. The smallest absolute Gasteiger partial charge is 0.358 e. The number of alkyl halides is 3. The van der Waals surface area contributed by atoms with E-state index in [9.17, 15) is 18.0 Å². The number of benzene rings is 1. The molecular formula is C17H17Cl2F3N2O. The van der Waals surface area contributed by atoms with E-state index in [0.717, 1.165) is 22.2 Å². The van der Waals surface area contributed by atoms with Crippen LogP contribution in [0.4, 0.5) is 13.2 Å². The average Bonchev–Trinajstić information content (AvgIpc) is 2.82. The number of carbonyl (C=O) groups is 1. The first-order valence-electron chi connectivity index (χ1n) is 7.99. The maximum Gasteiger partial charge on any atom is 0.389 e. The summed E-state index contributed by atoms with van der Waals surface area (Å²) in [6.07, 6.45) is -3.58. The van der Waals surface area contributed by atoms with Gasteiger partial charge in [0.15, 0.2) is 0 Å². The average molecular weight is 393 g/mol. The van der Waals surface area contributed by atoms with Gasteiger partial charge in [-0.2, -0.15) is 13.2 Å². The van der Waals surface area contributed by atoms with E-state index in [0.29, 0.717) is 29.3 Å². The number of aromatic nitrogens is 1. The number of amides is 1. The van der Waals surface area contributed by atoms with Gasteiger partial charge < -0.3 is 10.3 Å². The van der Waals surface area contributed by atoms with Crippen molar-refractivity contribution in [1.82, 2.24) is 10.3 Å². The number of H-pyrrole nitrogens is 1. The fourth-order valence-corrected chi connectivity index (χ4v) is 3.99. The summed E-state index contributed by atoms with van der Waals surface area (Å²) in [7, 11) is 0. The molecule has 1 amide bonds. The molecule has 1 heterocycles. The fourth-order valence-electron chi connectivity index (χ4n) is 3.38. The molecule has 8 heteroatoms. The number of rotatable bonds is 3. The van der Waals surface area contributed by atoms with Crippen molar-refractivity contribution >= 4 is 40.0 Å². The van der Waals surface area contributed by atoms with Gasteiger partial charge in [-0.3, -0.25) is 4.79 Å². The van der Waals surface area contributed by atoms with Crippen LogP contribution in [0.1, 0.15) is 31.0 Å². The SMILES string of the molecule is CC(CC(F)(F)F)C(=O)NC1CCc2[nH]c3cc(Cl)cc(Cl)c3c2C1. The first-order chi connectivity index (χ1) is 11.6. The van der Waals surface area contributed by atoms with Gasteiger partial charge in [0.25, 0.3) is 0 Å². The van der Waals surface area contributed by atoms with Crippen LogP contribution in [0.5, 0.6) is 0 Å². The third-order valence-corrected chi connectivity index (χ3v) is 5.05. The van der Waals surface area contributed by atoms with Crippen molar-refractivity contribution in [3.8, 4) is 0 Å². The van der Waals surface area contributed by atoms with Crippen LogP contribution in [-0.4, -0.2) is 23.1 Å². The quantitative estimate of drug-likeness (QED) is 0.755. The summed E-state index contributed by atoms with van der Waals surface area (Å²) in [5.74, 6) is -1.67. The van der Waals surface area contributed by atoms with E-state index in [1.807, 2.05) is 0 Å². The zero-order valence-corrected chi connectivity index (χ0v) is 14.9. The summed E-state index contributed by atoms with van der Waals surface area (Å²) in [6.45, 7) is 1.29. The molecule has 0 radical (unpaired) electrons. The molecule has 2 aromatic rings. The summed E-state index contributed by atoms with van der Waals surface area (Å²) >= 11 is 12.3. The highest BCUT2D eigenvalue weighted by Crippen LogP contribution is 2.36. The second-order valence-electron chi connectivity index (χ2n) is 6.56. The van der Waals surface area contributed by atoms with Gasteiger partial charge in [0.05, 0.1) is 11.4 Å². The minimum atomic E-state index is -4.35. The Morgan fingerprint density at radius 2 is 2.12 bits per heavy atom. The van der Waals surface area contributed by atoms with Gasteiger partial charge in [0, 0.05) is 33.6 Å². The molecule has 25 heavy (non-hydrogen) atoms. The van der Waals surface area contributed by atoms with Crippen LogP contribution in [-0.2, 0) is 17.6 Å². The van der Waals surface area contributed by atoms with Crippen molar-refractivity contribution < 1.29 is 18.0 Å². The molecule has 3 rings (SSSR count). The molecule has 3 nitrogen and oxygen atoms in total. The molecule has 2 atom stereocenters. The monoisotopic (exact) mass is 392 g/mol. The summed E-state index contributed by atoms with van der Waals surface area (Å²) in [6, 6.07) is 3.24. The van der Waals surface area contributed by atoms with E-state index in [2.05, 4.69) is 10.3 Å². The summed E-state index contributed by atoms with van der Waals surface area (Å²) < 4.78 is 37.3. The van der Waals surface area contributed by atoms with E-state index >= 15 is 0 Å². The first-order valence-corrected chi connectivity index (χ1v) is 8.75. The molecule has 1 aliphatic rings. The first kappa shape index (κ1) is 18.4. The van der Waals surface area contributed by atoms with Crippen molar-refractivity contribution in [3.05, 3.63) is 33.4 Å². The minimum Gasteiger partial charge on any atom is -0.358 e. The van der Waals surface area contributed by atoms with E-state index < -0.39 is 24.4 Å². The molecule has 0 spiro atoms. The molecule has 1 aromatic heterocycles. The molecular weight excluding hydrogens is 376 g/mol. The summed E-state index contributed by atoms with van der Waals surface area (Å²) in [5, 5.41) is 4.66. The summed E-state index contributed by atoms with van der Waals surface area (Å²) in [5.41, 5.74) is 2.87. The zero-order valence-electron chi connectivity index (χ0n) is 13.4. The molecule has 0 bridgehead atoms. The molecule has 0 fully saturated rings. The Balaban J connectivity index is 1.76. The highest BCUT2D eigenvalue weighted by atomic mass is 35.5. The highest BCUT2D eigenvalue weighted by Gasteiger charge is 2.34. The Morgan fingerprint density at radius 3 is 2.80 bits per heavy atom. The van der Waals surface area contributed by atoms with E-state index in [1.165, 1.54) is 6.92 Å². The minimum absolute atomic E-state index is 0.207. The maximum atomic E-state index is 12.4. The third-order valence-electron chi connectivity index (χ3n) is 4.53. The third kappa shape index (κ3) is 4.06. The van der Waals surface area contributed by atoms with Crippen LogP contribution < -0.4 is 5.32 Å². The maximum absolute atomic E-state index is 12.4. The van der Waals surface area contributed by atoms with E-state index in [4.69, 9.17) is 23.2 Å². The zero-order chi connectivity index (χ0) is 18.4. The van der Waals surface area contributed by atoms with Crippen molar-refractivity contribution in [3.63, 3.8) is 0 Å². The highest BCUT2D eigenvalue weighted by molar-refractivity contribution is 6.38. The molecule has 1 aromatic carbocycles. The standard InChI is InChI=1S/C17H17Cl2F3N2O/c1-8(7-17(20,21)22)16(25)23-10-2-3-13-11(6-10)15-12(19)4-9(18)5-14(15)24-13/h4-5,8,10,24H,2-3,6-7H2,1H3,(H,23,25). The van der Waals surface area contributed by atoms with Crippen LogP contribution in [0, 0.1) is 5.92 Å². The second-order valence-corrected chi connectivity index (χ2v) is 7.40. The summed E-state index contributed by atoms with van der Waals surface area (Å²) in [4.78, 5) is 15.3. The van der Waals surface area contributed by atoms with Crippen molar-refractivity contribution in [2.45, 2.75) is 44.8 Å².